The molecule has 2 aliphatic rings. The van der Waals surface area contributed by atoms with Crippen molar-refractivity contribution < 1.29 is 18.3 Å². The van der Waals surface area contributed by atoms with Gasteiger partial charge in [-0.2, -0.15) is 12.7 Å². The summed E-state index contributed by atoms with van der Waals surface area (Å²) in [6, 6.07) is 0. The SMILES string of the molecule is O=S(=O)(NCCN1CCOCC1)N1CCC(CO)CC1. The van der Waals surface area contributed by atoms with Crippen LogP contribution in [0.15, 0.2) is 0 Å². The molecule has 118 valence electrons. The highest BCUT2D eigenvalue weighted by atomic mass is 32.2. The Labute approximate surface area is 121 Å². The third-order valence-electron chi connectivity index (χ3n) is 3.99. The molecule has 0 aliphatic carbocycles. The molecule has 0 amide bonds. The lowest BCUT2D eigenvalue weighted by Crippen LogP contribution is -2.48. The molecule has 7 nitrogen and oxygen atoms in total. The number of nitrogens with one attached hydrogen (secondary N) is 1. The minimum atomic E-state index is -3.37. The Morgan fingerprint density at radius 3 is 2.40 bits per heavy atom. The first-order valence-corrected chi connectivity index (χ1v) is 8.71. The second-order valence-corrected chi connectivity index (χ2v) is 7.13. The molecule has 2 saturated heterocycles. The highest BCUT2D eigenvalue weighted by Gasteiger charge is 2.27. The molecule has 0 bridgehead atoms. The quantitative estimate of drug-likeness (QED) is 0.648. The first-order chi connectivity index (χ1) is 9.62. The topological polar surface area (TPSA) is 82.1 Å². The van der Waals surface area contributed by atoms with E-state index in [9.17, 15) is 8.42 Å². The summed E-state index contributed by atoms with van der Waals surface area (Å²) in [6.07, 6.45) is 1.47. The van der Waals surface area contributed by atoms with E-state index >= 15 is 0 Å². The van der Waals surface area contributed by atoms with Gasteiger partial charge in [0, 0.05) is 45.9 Å². The number of piperidine rings is 1. The molecule has 0 spiro atoms. The molecule has 2 aliphatic heterocycles. The van der Waals surface area contributed by atoms with E-state index in [0.29, 0.717) is 19.6 Å². The molecule has 2 N–H and O–H groups in total. The zero-order valence-corrected chi connectivity index (χ0v) is 12.6. The van der Waals surface area contributed by atoms with Gasteiger partial charge in [0.15, 0.2) is 0 Å². The van der Waals surface area contributed by atoms with Gasteiger partial charge in [0.25, 0.3) is 10.2 Å². The maximum absolute atomic E-state index is 12.1. The Morgan fingerprint density at radius 1 is 1.15 bits per heavy atom. The third-order valence-corrected chi connectivity index (χ3v) is 5.60. The van der Waals surface area contributed by atoms with Crippen molar-refractivity contribution in [3.63, 3.8) is 0 Å². The molecule has 0 radical (unpaired) electrons. The zero-order valence-electron chi connectivity index (χ0n) is 11.8. The second kappa shape index (κ2) is 7.67. The van der Waals surface area contributed by atoms with E-state index in [-0.39, 0.29) is 12.5 Å². The van der Waals surface area contributed by atoms with Crippen molar-refractivity contribution >= 4 is 10.2 Å². The van der Waals surface area contributed by atoms with Crippen LogP contribution in [0.4, 0.5) is 0 Å². The van der Waals surface area contributed by atoms with Crippen LogP contribution in [0.5, 0.6) is 0 Å². The van der Waals surface area contributed by atoms with Gasteiger partial charge in [0.1, 0.15) is 0 Å². The molecule has 0 atom stereocenters. The molecular formula is C12H25N3O4S. The Morgan fingerprint density at radius 2 is 1.80 bits per heavy atom. The molecule has 2 fully saturated rings. The normalized spacial score (nSPS) is 24.1. The van der Waals surface area contributed by atoms with E-state index in [4.69, 9.17) is 9.84 Å². The van der Waals surface area contributed by atoms with E-state index < -0.39 is 10.2 Å². The molecular weight excluding hydrogens is 282 g/mol. The lowest BCUT2D eigenvalue weighted by atomic mass is 10.00. The maximum atomic E-state index is 12.1. The van der Waals surface area contributed by atoms with Crippen LogP contribution in [0.1, 0.15) is 12.8 Å². The maximum Gasteiger partial charge on any atom is 0.279 e. The fraction of sp³-hybridized carbons (Fsp3) is 1.00. The fourth-order valence-corrected chi connectivity index (χ4v) is 3.80. The van der Waals surface area contributed by atoms with E-state index in [2.05, 4.69) is 9.62 Å². The van der Waals surface area contributed by atoms with Gasteiger partial charge >= 0.3 is 0 Å². The average Bonchev–Trinajstić information content (AvgIpc) is 2.48. The Kier molecular flexibility index (Phi) is 6.19. The molecule has 2 rings (SSSR count). The smallest absolute Gasteiger partial charge is 0.279 e. The van der Waals surface area contributed by atoms with Crippen molar-refractivity contribution in [2.24, 2.45) is 5.92 Å². The van der Waals surface area contributed by atoms with Crippen molar-refractivity contribution in [3.8, 4) is 0 Å². The largest absolute Gasteiger partial charge is 0.396 e. The lowest BCUT2D eigenvalue weighted by molar-refractivity contribution is 0.0389. The Balaban J connectivity index is 1.70. The molecule has 0 aromatic heterocycles. The number of aliphatic hydroxyl groups is 1. The van der Waals surface area contributed by atoms with Crippen LogP contribution in [-0.4, -0.2) is 81.8 Å². The summed E-state index contributed by atoms with van der Waals surface area (Å²) in [6.45, 7) is 5.47. The van der Waals surface area contributed by atoms with Crippen molar-refractivity contribution in [2.75, 3.05) is 59.1 Å². The minimum Gasteiger partial charge on any atom is -0.396 e. The van der Waals surface area contributed by atoms with Crippen LogP contribution >= 0.6 is 0 Å². The zero-order chi connectivity index (χ0) is 14.4. The van der Waals surface area contributed by atoms with Gasteiger partial charge in [-0.3, -0.25) is 4.90 Å². The van der Waals surface area contributed by atoms with E-state index in [1.807, 2.05) is 0 Å². The highest BCUT2D eigenvalue weighted by Crippen LogP contribution is 2.18. The second-order valence-electron chi connectivity index (χ2n) is 5.38. The number of hydrogen-bond donors (Lipinski definition) is 2. The van der Waals surface area contributed by atoms with Gasteiger partial charge in [-0.1, -0.05) is 0 Å². The summed E-state index contributed by atoms with van der Waals surface area (Å²) in [4.78, 5) is 2.20. The molecule has 8 heteroatoms. The first kappa shape index (κ1) is 16.1. The highest BCUT2D eigenvalue weighted by molar-refractivity contribution is 7.87. The molecule has 0 unspecified atom stereocenters. The molecule has 0 aromatic rings. The van der Waals surface area contributed by atoms with Crippen LogP contribution in [0, 0.1) is 5.92 Å². The standard InChI is InChI=1S/C12H25N3O4S/c16-11-12-1-4-15(5-2-12)20(17,18)13-3-6-14-7-9-19-10-8-14/h12-13,16H,1-11H2. The molecule has 20 heavy (non-hydrogen) atoms. The van der Waals surface area contributed by atoms with Crippen LogP contribution in [-0.2, 0) is 14.9 Å². The minimum absolute atomic E-state index is 0.151. The lowest BCUT2D eigenvalue weighted by Gasteiger charge is -2.31. The monoisotopic (exact) mass is 307 g/mol. The summed E-state index contributed by atoms with van der Waals surface area (Å²) in [5.74, 6) is 0.245. The van der Waals surface area contributed by atoms with Crippen LogP contribution < -0.4 is 4.72 Å². The van der Waals surface area contributed by atoms with E-state index in [1.165, 1.54) is 4.31 Å². The average molecular weight is 307 g/mol. The number of rotatable bonds is 6. The van der Waals surface area contributed by atoms with Crippen molar-refractivity contribution in [2.45, 2.75) is 12.8 Å². The third kappa shape index (κ3) is 4.64. The van der Waals surface area contributed by atoms with Gasteiger partial charge in [-0.25, -0.2) is 4.72 Å². The Bertz CT molecular complexity index is 376. The first-order valence-electron chi connectivity index (χ1n) is 7.27. The summed E-state index contributed by atoms with van der Waals surface area (Å²) >= 11 is 0. The van der Waals surface area contributed by atoms with Gasteiger partial charge in [-0.15, -0.1) is 0 Å². The number of nitrogens with zero attached hydrogens (tertiary/aromatic N) is 2. The number of ether oxygens (including phenoxy) is 1. The van der Waals surface area contributed by atoms with Gasteiger partial charge < -0.3 is 9.84 Å². The van der Waals surface area contributed by atoms with Crippen molar-refractivity contribution in [3.05, 3.63) is 0 Å². The fourth-order valence-electron chi connectivity index (χ4n) is 2.58. The molecule has 2 heterocycles. The summed E-state index contributed by atoms with van der Waals surface area (Å²) in [5, 5.41) is 9.07. The van der Waals surface area contributed by atoms with E-state index in [1.54, 1.807) is 0 Å². The summed E-state index contributed by atoms with van der Waals surface area (Å²) in [7, 11) is -3.37. The Hall–Kier alpha value is -0.250. The van der Waals surface area contributed by atoms with Crippen LogP contribution in [0.3, 0.4) is 0 Å². The predicted molar refractivity (Wildman–Crippen MR) is 75.6 cm³/mol. The van der Waals surface area contributed by atoms with Gasteiger partial charge in [-0.05, 0) is 18.8 Å². The molecule has 0 aromatic carbocycles. The van der Waals surface area contributed by atoms with Gasteiger partial charge in [0.05, 0.1) is 13.2 Å². The van der Waals surface area contributed by atoms with Crippen LogP contribution in [0.25, 0.3) is 0 Å². The number of aliphatic hydroxyl groups excluding tert-OH is 1. The van der Waals surface area contributed by atoms with Crippen LogP contribution in [0.2, 0.25) is 0 Å². The van der Waals surface area contributed by atoms with Crippen molar-refractivity contribution in [1.82, 2.24) is 13.9 Å². The molecule has 0 saturated carbocycles. The van der Waals surface area contributed by atoms with Gasteiger partial charge in [0.2, 0.25) is 0 Å². The summed E-state index contributed by atoms with van der Waals surface area (Å²) in [5.41, 5.74) is 0. The number of morpholine rings is 1. The predicted octanol–water partition coefficient (Wildman–Crippen LogP) is -1.14. The van der Waals surface area contributed by atoms with Crippen molar-refractivity contribution in [1.29, 1.82) is 0 Å². The van der Waals surface area contributed by atoms with E-state index in [0.717, 1.165) is 45.7 Å². The number of hydrogen-bond acceptors (Lipinski definition) is 5. The summed E-state index contributed by atoms with van der Waals surface area (Å²) < 4.78 is 33.7.